The fourth-order valence-corrected chi connectivity index (χ4v) is 7.28. The molecule has 1 aromatic heterocycles. The highest BCUT2D eigenvalue weighted by molar-refractivity contribution is 7.92. The molecular formula is C33H40N4O5S. The lowest BCUT2D eigenvalue weighted by Crippen LogP contribution is -2.48. The highest BCUT2D eigenvalue weighted by atomic mass is 32.2. The molecule has 228 valence electrons. The van der Waals surface area contributed by atoms with Crippen molar-refractivity contribution >= 4 is 32.5 Å². The standard InChI is InChI=1S/C33H40N4O5S/c1-3-25-21-35-32-28(25)18-26(19-30(32)37-14-7-8-15-43(37,40)41)33(39)36-29(17-23-10-5-4-6-11-23)31(38)22-34-20-24-12-9-13-27(16-24)42-2/h4-6,9-13,16,18-19,21,29,31,34-35,38H,3,7-8,14-15,17,20,22H2,1-2H3,(H,36,39)/t29-,31+/m0/s1. The second-order valence-corrected chi connectivity index (χ2v) is 13.0. The Bertz CT molecular complexity index is 1650. The number of nitrogens with zero attached hydrogens (tertiary/aromatic N) is 1. The Morgan fingerprint density at radius 2 is 1.86 bits per heavy atom. The summed E-state index contributed by atoms with van der Waals surface area (Å²) in [4.78, 5) is 17.1. The van der Waals surface area contributed by atoms with Gasteiger partial charge in [0, 0.05) is 36.8 Å². The molecule has 4 N–H and O–H groups in total. The van der Waals surface area contributed by atoms with Gasteiger partial charge < -0.3 is 25.5 Å². The molecule has 1 saturated heterocycles. The summed E-state index contributed by atoms with van der Waals surface area (Å²) in [6.07, 6.45) is 3.52. The van der Waals surface area contributed by atoms with Crippen LogP contribution in [0.1, 0.15) is 46.8 Å². The van der Waals surface area contributed by atoms with Crippen LogP contribution in [-0.4, -0.2) is 62.5 Å². The molecule has 2 heterocycles. The van der Waals surface area contributed by atoms with Crippen LogP contribution in [0.2, 0.25) is 0 Å². The molecule has 4 aromatic rings. The lowest BCUT2D eigenvalue weighted by atomic mass is 9.99. The first-order valence-corrected chi connectivity index (χ1v) is 16.4. The minimum atomic E-state index is -3.50. The number of methoxy groups -OCH3 is 1. The number of carbonyl (C=O) groups excluding carboxylic acids is 1. The molecule has 3 aromatic carbocycles. The van der Waals surface area contributed by atoms with Crippen LogP contribution in [-0.2, 0) is 29.4 Å². The number of carbonyl (C=O) groups is 1. The summed E-state index contributed by atoms with van der Waals surface area (Å²) >= 11 is 0. The molecule has 5 rings (SSSR count). The molecule has 0 bridgehead atoms. The summed E-state index contributed by atoms with van der Waals surface area (Å²) in [6.45, 7) is 3.18. The number of aliphatic hydroxyl groups is 1. The number of benzene rings is 3. The van der Waals surface area contributed by atoms with Gasteiger partial charge >= 0.3 is 0 Å². The van der Waals surface area contributed by atoms with Gasteiger partial charge in [0.1, 0.15) is 5.75 Å². The largest absolute Gasteiger partial charge is 0.497 e. The lowest BCUT2D eigenvalue weighted by molar-refractivity contribution is 0.0830. The zero-order valence-corrected chi connectivity index (χ0v) is 25.5. The molecule has 9 nitrogen and oxygen atoms in total. The Morgan fingerprint density at radius 3 is 2.60 bits per heavy atom. The molecule has 2 atom stereocenters. The maximum Gasteiger partial charge on any atom is 0.251 e. The Morgan fingerprint density at radius 1 is 1.07 bits per heavy atom. The first kappa shape index (κ1) is 30.6. The van der Waals surface area contributed by atoms with Crippen LogP contribution < -0.4 is 19.7 Å². The Balaban J connectivity index is 1.40. The lowest BCUT2D eigenvalue weighted by Gasteiger charge is -2.29. The fourth-order valence-electron chi connectivity index (χ4n) is 5.64. The van der Waals surface area contributed by atoms with Crippen LogP contribution >= 0.6 is 0 Å². The van der Waals surface area contributed by atoms with E-state index in [1.807, 2.05) is 73.8 Å². The number of aryl methyl sites for hydroxylation is 1. The normalized spacial score (nSPS) is 16.1. The van der Waals surface area contributed by atoms with Gasteiger partial charge in [0.25, 0.3) is 5.91 Å². The van der Waals surface area contributed by atoms with E-state index in [0.29, 0.717) is 42.7 Å². The molecule has 1 aliphatic rings. The number of hydrogen-bond acceptors (Lipinski definition) is 6. The van der Waals surface area contributed by atoms with Crippen LogP contribution in [0.5, 0.6) is 5.75 Å². The van der Waals surface area contributed by atoms with E-state index < -0.39 is 22.2 Å². The molecule has 0 unspecified atom stereocenters. The van der Waals surface area contributed by atoms with Gasteiger partial charge in [-0.05, 0) is 66.6 Å². The predicted octanol–water partition coefficient (Wildman–Crippen LogP) is 4.16. The Labute approximate surface area is 253 Å². The Hall–Kier alpha value is -3.86. The van der Waals surface area contributed by atoms with Crippen molar-refractivity contribution in [1.82, 2.24) is 15.6 Å². The third kappa shape index (κ3) is 7.21. The number of H-pyrrole nitrogens is 1. The maximum absolute atomic E-state index is 13.8. The van der Waals surface area contributed by atoms with E-state index in [0.717, 1.165) is 40.7 Å². The zero-order valence-electron chi connectivity index (χ0n) is 24.7. The van der Waals surface area contributed by atoms with Crippen molar-refractivity contribution in [3.63, 3.8) is 0 Å². The highest BCUT2D eigenvalue weighted by Gasteiger charge is 2.30. The van der Waals surface area contributed by atoms with Crippen molar-refractivity contribution in [1.29, 1.82) is 0 Å². The molecule has 0 saturated carbocycles. The second kappa shape index (κ2) is 13.6. The summed E-state index contributed by atoms with van der Waals surface area (Å²) in [6, 6.07) is 20.3. The Kier molecular flexibility index (Phi) is 9.69. The average Bonchev–Trinajstić information content (AvgIpc) is 3.44. The molecular weight excluding hydrogens is 564 g/mol. The number of aromatic amines is 1. The van der Waals surface area contributed by atoms with Gasteiger partial charge in [0.05, 0.1) is 36.2 Å². The molecule has 0 radical (unpaired) electrons. The fraction of sp³-hybridized carbons (Fsp3) is 0.364. The van der Waals surface area contributed by atoms with Gasteiger partial charge in [0.15, 0.2) is 0 Å². The number of aliphatic hydroxyl groups excluding tert-OH is 1. The number of aromatic nitrogens is 1. The van der Waals surface area contributed by atoms with E-state index in [9.17, 15) is 18.3 Å². The molecule has 1 fully saturated rings. The summed E-state index contributed by atoms with van der Waals surface area (Å²) in [7, 11) is -1.87. The number of amides is 1. The van der Waals surface area contributed by atoms with Crippen molar-refractivity contribution in [2.24, 2.45) is 0 Å². The first-order valence-electron chi connectivity index (χ1n) is 14.8. The zero-order chi connectivity index (χ0) is 30.4. The molecule has 43 heavy (non-hydrogen) atoms. The number of rotatable bonds is 12. The SMILES string of the molecule is CCc1c[nH]c2c(N3CCCCS3(=O)=O)cc(C(=O)N[C@@H](Cc3ccccc3)[C@H](O)CNCc3cccc(OC)c3)cc12. The van der Waals surface area contributed by atoms with E-state index >= 15 is 0 Å². The van der Waals surface area contributed by atoms with Gasteiger partial charge in [-0.3, -0.25) is 9.10 Å². The number of nitrogens with one attached hydrogen (secondary N) is 3. The number of anilines is 1. The van der Waals surface area contributed by atoms with Crippen molar-refractivity contribution in [3.05, 3.63) is 95.2 Å². The van der Waals surface area contributed by atoms with Crippen molar-refractivity contribution < 1.29 is 23.1 Å². The summed E-state index contributed by atoms with van der Waals surface area (Å²) < 4.78 is 32.9. The van der Waals surface area contributed by atoms with Crippen molar-refractivity contribution in [2.45, 2.75) is 51.3 Å². The summed E-state index contributed by atoms with van der Waals surface area (Å²) in [5, 5.41) is 18.5. The predicted molar refractivity (Wildman–Crippen MR) is 170 cm³/mol. The van der Waals surface area contributed by atoms with Crippen LogP contribution in [0.4, 0.5) is 5.69 Å². The van der Waals surface area contributed by atoms with Gasteiger partial charge in [-0.1, -0.05) is 49.4 Å². The topological polar surface area (TPSA) is 124 Å². The minimum absolute atomic E-state index is 0.0837. The van der Waals surface area contributed by atoms with Crippen LogP contribution in [0, 0.1) is 0 Å². The van der Waals surface area contributed by atoms with E-state index in [2.05, 4.69) is 15.6 Å². The van der Waals surface area contributed by atoms with Gasteiger partial charge in [-0.25, -0.2) is 8.42 Å². The summed E-state index contributed by atoms with van der Waals surface area (Å²) in [5.41, 5.74) is 4.55. The molecule has 1 amide bonds. The molecule has 10 heteroatoms. The quantitative estimate of drug-likeness (QED) is 0.193. The minimum Gasteiger partial charge on any atom is -0.497 e. The smallest absolute Gasteiger partial charge is 0.251 e. The van der Waals surface area contributed by atoms with Crippen LogP contribution in [0.3, 0.4) is 0 Å². The molecule has 0 aliphatic carbocycles. The van der Waals surface area contributed by atoms with E-state index in [1.54, 1.807) is 13.2 Å². The van der Waals surface area contributed by atoms with E-state index in [4.69, 9.17) is 4.74 Å². The monoisotopic (exact) mass is 604 g/mol. The average molecular weight is 605 g/mol. The molecule has 0 spiro atoms. The number of sulfonamides is 1. The third-order valence-electron chi connectivity index (χ3n) is 8.01. The number of hydrogen-bond donors (Lipinski definition) is 4. The van der Waals surface area contributed by atoms with Gasteiger partial charge in [-0.15, -0.1) is 0 Å². The molecule has 1 aliphatic heterocycles. The van der Waals surface area contributed by atoms with Crippen molar-refractivity contribution in [2.75, 3.05) is 30.3 Å². The highest BCUT2D eigenvalue weighted by Crippen LogP contribution is 2.34. The van der Waals surface area contributed by atoms with E-state index in [1.165, 1.54) is 4.31 Å². The number of fused-ring (bicyclic) bond motifs is 1. The summed E-state index contributed by atoms with van der Waals surface area (Å²) in [5.74, 6) is 0.477. The van der Waals surface area contributed by atoms with Crippen LogP contribution in [0.25, 0.3) is 10.9 Å². The number of ether oxygens (including phenoxy) is 1. The van der Waals surface area contributed by atoms with Gasteiger partial charge in [0.2, 0.25) is 10.0 Å². The van der Waals surface area contributed by atoms with Crippen molar-refractivity contribution in [3.8, 4) is 5.75 Å². The van der Waals surface area contributed by atoms with E-state index in [-0.39, 0.29) is 18.2 Å². The third-order valence-corrected chi connectivity index (χ3v) is 9.87. The second-order valence-electron chi connectivity index (χ2n) is 11.0. The van der Waals surface area contributed by atoms with Gasteiger partial charge in [-0.2, -0.15) is 0 Å². The maximum atomic E-state index is 13.8. The van der Waals surface area contributed by atoms with Crippen LogP contribution in [0.15, 0.2) is 72.9 Å². The first-order chi connectivity index (χ1) is 20.8.